The maximum absolute atomic E-state index is 13.7. The van der Waals surface area contributed by atoms with E-state index in [4.69, 9.17) is 17.0 Å². The molecule has 9 heteroatoms. The van der Waals surface area contributed by atoms with Crippen molar-refractivity contribution < 1.29 is 19.6 Å². The highest BCUT2D eigenvalue weighted by Crippen LogP contribution is 2.44. The molecule has 1 atom stereocenters. The first-order valence-corrected chi connectivity index (χ1v) is 10.3. The van der Waals surface area contributed by atoms with Crippen LogP contribution < -0.4 is 15.4 Å². The van der Waals surface area contributed by atoms with Gasteiger partial charge in [-0.15, -0.1) is 0 Å². The third kappa shape index (κ3) is 4.13. The molecule has 0 aromatic heterocycles. The number of carbonyl (C=O) groups excluding carboxylic acids is 1. The normalized spacial score (nSPS) is 15.4. The smallest absolute Gasteiger partial charge is 0.320 e. The second-order valence-electron chi connectivity index (χ2n) is 7.19. The lowest BCUT2D eigenvalue weighted by Crippen LogP contribution is -2.45. The third-order valence-corrected chi connectivity index (χ3v) is 5.47. The molecular formula is C24H19N3O5S. The number of hydrogen-bond donors (Lipinski definition) is 3. The standard InChI is InChI=1S/C24H19N3O5S/c1-32-23-17(28)13-12-16(21(23)27(30)31)20-18(22(29)15-10-6-3-7-11-15)19(25-24(33)26-20)14-8-4-2-5-9-14/h2-13,20,28H,1H3,(H2,25,26,33)/t20-/m1/s1. The van der Waals surface area contributed by atoms with Gasteiger partial charge in [0.1, 0.15) is 0 Å². The van der Waals surface area contributed by atoms with Gasteiger partial charge in [-0.2, -0.15) is 0 Å². The number of benzene rings is 3. The lowest BCUT2D eigenvalue weighted by atomic mass is 9.86. The van der Waals surface area contributed by atoms with Crippen molar-refractivity contribution in [2.45, 2.75) is 6.04 Å². The summed E-state index contributed by atoms with van der Waals surface area (Å²) in [5.41, 5.74) is 1.47. The molecule has 0 unspecified atom stereocenters. The molecule has 0 bridgehead atoms. The monoisotopic (exact) mass is 461 g/mol. The minimum absolute atomic E-state index is 0.131. The third-order valence-electron chi connectivity index (χ3n) is 5.25. The van der Waals surface area contributed by atoms with Crippen LogP contribution >= 0.6 is 12.2 Å². The molecule has 3 N–H and O–H groups in total. The molecule has 8 nitrogen and oxygen atoms in total. The molecule has 0 aliphatic carbocycles. The number of thiocarbonyl (C=S) groups is 1. The summed E-state index contributed by atoms with van der Waals surface area (Å²) in [6.07, 6.45) is 0. The molecule has 33 heavy (non-hydrogen) atoms. The number of rotatable bonds is 6. The van der Waals surface area contributed by atoms with Gasteiger partial charge in [0, 0.05) is 5.56 Å². The quantitative estimate of drug-likeness (QED) is 0.217. The Hall–Kier alpha value is -4.24. The maximum atomic E-state index is 13.7. The second kappa shape index (κ2) is 9.09. The van der Waals surface area contributed by atoms with Crippen LogP contribution in [0.1, 0.15) is 27.5 Å². The summed E-state index contributed by atoms with van der Waals surface area (Å²) in [4.78, 5) is 25.1. The van der Waals surface area contributed by atoms with E-state index in [1.807, 2.05) is 30.3 Å². The molecule has 0 saturated carbocycles. The Kier molecular flexibility index (Phi) is 6.05. The van der Waals surface area contributed by atoms with Gasteiger partial charge < -0.3 is 20.5 Å². The average molecular weight is 461 g/mol. The van der Waals surface area contributed by atoms with Crippen LogP contribution in [0.2, 0.25) is 0 Å². The van der Waals surface area contributed by atoms with Crippen molar-refractivity contribution in [1.29, 1.82) is 0 Å². The first kappa shape index (κ1) is 22.0. The van der Waals surface area contributed by atoms with Crippen LogP contribution in [0.5, 0.6) is 11.5 Å². The van der Waals surface area contributed by atoms with Crippen molar-refractivity contribution in [3.05, 3.63) is 105 Å². The Morgan fingerprint density at radius 2 is 1.70 bits per heavy atom. The molecule has 0 spiro atoms. The molecule has 1 heterocycles. The van der Waals surface area contributed by atoms with E-state index in [2.05, 4.69) is 10.6 Å². The Bertz CT molecular complexity index is 1280. The van der Waals surface area contributed by atoms with Crippen molar-refractivity contribution >= 4 is 34.5 Å². The van der Waals surface area contributed by atoms with Gasteiger partial charge in [0.15, 0.2) is 16.6 Å². The van der Waals surface area contributed by atoms with Crippen LogP contribution in [0.15, 0.2) is 78.4 Å². The van der Waals surface area contributed by atoms with E-state index in [9.17, 15) is 20.0 Å². The van der Waals surface area contributed by atoms with Crippen molar-refractivity contribution in [1.82, 2.24) is 10.6 Å². The van der Waals surface area contributed by atoms with Gasteiger partial charge in [-0.1, -0.05) is 60.7 Å². The molecular weight excluding hydrogens is 442 g/mol. The average Bonchev–Trinajstić information content (AvgIpc) is 2.83. The topological polar surface area (TPSA) is 114 Å². The van der Waals surface area contributed by atoms with E-state index < -0.39 is 16.7 Å². The zero-order valence-corrected chi connectivity index (χ0v) is 18.3. The Balaban J connectivity index is 2.02. The van der Waals surface area contributed by atoms with Gasteiger partial charge >= 0.3 is 5.69 Å². The van der Waals surface area contributed by atoms with Gasteiger partial charge in [0.25, 0.3) is 0 Å². The van der Waals surface area contributed by atoms with E-state index in [1.165, 1.54) is 19.2 Å². The fraction of sp³-hybridized carbons (Fsp3) is 0.0833. The summed E-state index contributed by atoms with van der Waals surface area (Å²) in [7, 11) is 1.23. The number of phenolic OH excluding ortho intramolecular Hbond substituents is 1. The summed E-state index contributed by atoms with van der Waals surface area (Å²) in [6.45, 7) is 0. The fourth-order valence-electron chi connectivity index (χ4n) is 3.82. The summed E-state index contributed by atoms with van der Waals surface area (Å²) in [5, 5.41) is 28.4. The number of nitro groups is 1. The first-order chi connectivity index (χ1) is 15.9. The predicted molar refractivity (Wildman–Crippen MR) is 127 cm³/mol. The highest BCUT2D eigenvalue weighted by Gasteiger charge is 2.38. The lowest BCUT2D eigenvalue weighted by Gasteiger charge is -2.31. The zero-order chi connectivity index (χ0) is 23.5. The van der Waals surface area contributed by atoms with E-state index >= 15 is 0 Å². The number of nitrogens with zero attached hydrogens (tertiary/aromatic N) is 1. The minimum Gasteiger partial charge on any atom is -0.504 e. The predicted octanol–water partition coefficient (Wildman–Crippen LogP) is 4.12. The molecule has 0 radical (unpaired) electrons. The molecule has 3 aromatic carbocycles. The summed E-state index contributed by atoms with van der Waals surface area (Å²) >= 11 is 5.39. The summed E-state index contributed by atoms with van der Waals surface area (Å²) in [5.74, 6) is -1.01. The molecule has 166 valence electrons. The number of aromatic hydroxyl groups is 1. The maximum Gasteiger partial charge on any atom is 0.320 e. The molecule has 4 rings (SSSR count). The summed E-state index contributed by atoms with van der Waals surface area (Å²) < 4.78 is 5.12. The van der Waals surface area contributed by atoms with Gasteiger partial charge in [-0.05, 0) is 29.9 Å². The number of hydrogen-bond acceptors (Lipinski definition) is 6. The number of nitrogens with one attached hydrogen (secondary N) is 2. The lowest BCUT2D eigenvalue weighted by molar-refractivity contribution is -0.386. The van der Waals surface area contributed by atoms with Gasteiger partial charge in [0.05, 0.1) is 34.9 Å². The van der Waals surface area contributed by atoms with Crippen LogP contribution in [0.4, 0.5) is 5.69 Å². The number of ketones is 1. The number of ether oxygens (including phenoxy) is 1. The Morgan fingerprint density at radius 3 is 2.30 bits per heavy atom. The summed E-state index contributed by atoms with van der Waals surface area (Å²) in [6, 6.07) is 19.5. The van der Waals surface area contributed by atoms with Crippen LogP contribution in [0, 0.1) is 10.1 Å². The van der Waals surface area contributed by atoms with Gasteiger partial charge in [-0.3, -0.25) is 14.9 Å². The van der Waals surface area contributed by atoms with E-state index in [-0.39, 0.29) is 33.5 Å². The van der Waals surface area contributed by atoms with Gasteiger partial charge in [0.2, 0.25) is 5.75 Å². The second-order valence-corrected chi connectivity index (χ2v) is 7.60. The van der Waals surface area contributed by atoms with Gasteiger partial charge in [-0.25, -0.2) is 0 Å². The highest BCUT2D eigenvalue weighted by molar-refractivity contribution is 7.80. The Morgan fingerprint density at radius 1 is 1.06 bits per heavy atom. The van der Waals surface area contributed by atoms with Crippen LogP contribution in [0.3, 0.4) is 0 Å². The van der Waals surface area contributed by atoms with Crippen LogP contribution in [-0.2, 0) is 0 Å². The number of methoxy groups -OCH3 is 1. The first-order valence-electron chi connectivity index (χ1n) is 9.93. The fourth-order valence-corrected chi connectivity index (χ4v) is 4.04. The number of carbonyl (C=O) groups is 1. The largest absolute Gasteiger partial charge is 0.504 e. The molecule has 0 amide bonds. The SMILES string of the molecule is COc1c(O)ccc([C@H]2NC(=S)NC(c3ccccc3)=C2C(=O)c2ccccc2)c1[N+](=O)[O-]. The molecule has 0 saturated heterocycles. The van der Waals surface area contributed by atoms with Crippen LogP contribution in [-0.4, -0.2) is 28.0 Å². The van der Waals surface area contributed by atoms with E-state index in [0.717, 1.165) is 0 Å². The van der Waals surface area contributed by atoms with Crippen molar-refractivity contribution in [3.63, 3.8) is 0 Å². The molecule has 0 fully saturated rings. The zero-order valence-electron chi connectivity index (χ0n) is 17.4. The number of Topliss-reactive ketones (excluding diaryl/α,β-unsaturated/α-hetero) is 1. The van der Waals surface area contributed by atoms with Crippen molar-refractivity contribution in [2.75, 3.05) is 7.11 Å². The number of phenols is 1. The molecule has 1 aliphatic heterocycles. The molecule has 1 aliphatic rings. The number of nitro benzene ring substituents is 1. The highest BCUT2D eigenvalue weighted by atomic mass is 32.1. The van der Waals surface area contributed by atoms with Crippen molar-refractivity contribution in [3.8, 4) is 11.5 Å². The minimum atomic E-state index is -0.975. The Labute approximate surface area is 194 Å². The van der Waals surface area contributed by atoms with E-state index in [1.54, 1.807) is 30.3 Å². The van der Waals surface area contributed by atoms with Crippen molar-refractivity contribution in [2.24, 2.45) is 0 Å². The van der Waals surface area contributed by atoms with Crippen LogP contribution in [0.25, 0.3) is 5.70 Å². The van der Waals surface area contributed by atoms with E-state index in [0.29, 0.717) is 16.8 Å². The molecule has 3 aromatic rings.